The summed E-state index contributed by atoms with van der Waals surface area (Å²) in [5.41, 5.74) is 12.1. The fraction of sp³-hybridized carbons (Fsp3) is 0.250. The maximum atomic E-state index is 11.7. The molecule has 3 aromatic rings. The molecule has 2 amide bonds. The van der Waals surface area contributed by atoms with Gasteiger partial charge in [0.05, 0.1) is 11.7 Å². The Morgan fingerprint density at radius 2 is 2.04 bits per heavy atom. The van der Waals surface area contributed by atoms with Gasteiger partial charge < -0.3 is 22.1 Å². The van der Waals surface area contributed by atoms with E-state index in [1.165, 1.54) is 0 Å². The van der Waals surface area contributed by atoms with E-state index in [-0.39, 0.29) is 17.5 Å². The Balaban J connectivity index is 1.95. The molecule has 1 aromatic carbocycles. The molecule has 2 aromatic heterocycles. The third-order valence-corrected chi connectivity index (χ3v) is 3.99. The molecule has 0 bridgehead atoms. The predicted molar refractivity (Wildman–Crippen MR) is 99.2 cm³/mol. The zero-order chi connectivity index (χ0) is 19.6. The third-order valence-electron chi connectivity index (χ3n) is 3.99. The molecule has 6 N–H and O–H groups in total. The minimum atomic E-state index is -0.785. The number of hydrogen-bond donors (Lipinski definition) is 4. The third kappa shape index (κ3) is 3.76. The number of fused-ring (bicyclic) bond motifs is 1. The van der Waals surface area contributed by atoms with Gasteiger partial charge in [-0.2, -0.15) is 10.1 Å². The van der Waals surface area contributed by atoms with Crippen molar-refractivity contribution < 1.29 is 9.59 Å². The molecular weight excluding hydrogens is 350 g/mol. The number of anilines is 3. The molecule has 0 saturated carbocycles. The molecule has 0 radical (unpaired) electrons. The average molecular weight is 369 g/mol. The number of aromatic nitrogens is 5. The molecule has 1 atom stereocenters. The zero-order valence-corrected chi connectivity index (χ0v) is 14.8. The van der Waals surface area contributed by atoms with Crippen molar-refractivity contribution in [1.82, 2.24) is 25.0 Å². The summed E-state index contributed by atoms with van der Waals surface area (Å²) in [6, 6.07) is 4.87. The van der Waals surface area contributed by atoms with Gasteiger partial charge in [-0.25, -0.2) is 0 Å². The number of carbonyl (C=O) groups excluding carboxylic acids is 2. The largest absolute Gasteiger partial charge is 0.368 e. The monoisotopic (exact) mass is 369 g/mol. The normalized spacial score (nSPS) is 11.9. The van der Waals surface area contributed by atoms with Crippen LogP contribution in [0.15, 0.2) is 24.4 Å². The first kappa shape index (κ1) is 18.0. The SMILES string of the molecule is CC[C@@H](Nc1nnc(C(N)=O)c(Nc2ccc3cnn(C)c3c2)n1)C(N)=O. The molecule has 0 aliphatic rings. The first-order valence-corrected chi connectivity index (χ1v) is 8.18. The van der Waals surface area contributed by atoms with Gasteiger partial charge >= 0.3 is 0 Å². The van der Waals surface area contributed by atoms with E-state index in [0.717, 1.165) is 10.9 Å². The maximum Gasteiger partial charge on any atom is 0.273 e. The quantitative estimate of drug-likeness (QED) is 0.460. The van der Waals surface area contributed by atoms with Crippen molar-refractivity contribution in [2.24, 2.45) is 18.5 Å². The lowest BCUT2D eigenvalue weighted by Crippen LogP contribution is -2.35. The molecule has 0 spiro atoms. The van der Waals surface area contributed by atoms with E-state index >= 15 is 0 Å². The summed E-state index contributed by atoms with van der Waals surface area (Å²) in [4.78, 5) is 27.3. The van der Waals surface area contributed by atoms with Gasteiger partial charge in [0.15, 0.2) is 11.5 Å². The van der Waals surface area contributed by atoms with Crippen LogP contribution in [0.3, 0.4) is 0 Å². The lowest BCUT2D eigenvalue weighted by molar-refractivity contribution is -0.118. The lowest BCUT2D eigenvalue weighted by Gasteiger charge is -2.14. The first-order chi connectivity index (χ1) is 12.9. The molecule has 0 unspecified atom stereocenters. The van der Waals surface area contributed by atoms with E-state index in [4.69, 9.17) is 11.5 Å². The van der Waals surface area contributed by atoms with Crippen molar-refractivity contribution in [3.05, 3.63) is 30.1 Å². The highest BCUT2D eigenvalue weighted by Crippen LogP contribution is 2.23. The van der Waals surface area contributed by atoms with Gasteiger partial charge in [0.2, 0.25) is 11.9 Å². The van der Waals surface area contributed by atoms with Crippen LogP contribution >= 0.6 is 0 Å². The summed E-state index contributed by atoms with van der Waals surface area (Å²) >= 11 is 0. The van der Waals surface area contributed by atoms with Crippen LogP contribution in [0.25, 0.3) is 10.9 Å². The van der Waals surface area contributed by atoms with E-state index in [2.05, 4.69) is 30.9 Å². The van der Waals surface area contributed by atoms with Gasteiger partial charge in [0.1, 0.15) is 6.04 Å². The fourth-order valence-corrected chi connectivity index (χ4v) is 2.53. The molecule has 0 fully saturated rings. The Morgan fingerprint density at radius 3 is 2.70 bits per heavy atom. The summed E-state index contributed by atoms with van der Waals surface area (Å²) in [6.45, 7) is 1.79. The number of aryl methyl sites for hydroxylation is 1. The second kappa shape index (κ2) is 7.23. The maximum absolute atomic E-state index is 11.7. The molecule has 2 heterocycles. The summed E-state index contributed by atoms with van der Waals surface area (Å²) in [5, 5.41) is 18.6. The standard InChI is InChI=1S/C16H19N9O2/c1-3-10(13(17)26)21-16-22-15(12(14(18)27)23-24-16)20-9-5-4-8-7-19-25(2)11(8)6-9/h4-7,10H,3H2,1-2H3,(H2,17,26)(H2,18,27)(H2,20,21,22,24)/t10-/m1/s1. The molecule has 27 heavy (non-hydrogen) atoms. The number of benzene rings is 1. The highest BCUT2D eigenvalue weighted by atomic mass is 16.1. The van der Waals surface area contributed by atoms with Gasteiger partial charge in [-0.15, -0.1) is 10.2 Å². The van der Waals surface area contributed by atoms with E-state index in [1.54, 1.807) is 17.8 Å². The highest BCUT2D eigenvalue weighted by Gasteiger charge is 2.18. The smallest absolute Gasteiger partial charge is 0.273 e. The van der Waals surface area contributed by atoms with E-state index in [9.17, 15) is 9.59 Å². The number of primary amides is 2. The molecular formula is C16H19N9O2. The molecule has 0 aliphatic carbocycles. The number of nitrogens with two attached hydrogens (primary N) is 2. The molecule has 3 rings (SSSR count). The van der Waals surface area contributed by atoms with E-state index < -0.39 is 17.9 Å². The Kier molecular flexibility index (Phi) is 4.83. The Hall–Kier alpha value is -3.76. The van der Waals surface area contributed by atoms with Crippen molar-refractivity contribution in [2.75, 3.05) is 10.6 Å². The molecule has 140 valence electrons. The molecule has 0 aliphatic heterocycles. The first-order valence-electron chi connectivity index (χ1n) is 8.18. The molecule has 11 heteroatoms. The van der Waals surface area contributed by atoms with Crippen molar-refractivity contribution in [1.29, 1.82) is 0 Å². The van der Waals surface area contributed by atoms with Gasteiger partial charge in [-0.3, -0.25) is 14.3 Å². The molecule has 0 saturated heterocycles. The van der Waals surface area contributed by atoms with Crippen LogP contribution in [0, 0.1) is 0 Å². The molecule has 11 nitrogen and oxygen atoms in total. The number of carbonyl (C=O) groups is 2. The second-order valence-electron chi connectivity index (χ2n) is 5.87. The fourth-order valence-electron chi connectivity index (χ4n) is 2.53. The van der Waals surface area contributed by atoms with Crippen LogP contribution in [0.2, 0.25) is 0 Å². The van der Waals surface area contributed by atoms with Crippen LogP contribution in [0.5, 0.6) is 0 Å². The number of amides is 2. The number of nitrogens with zero attached hydrogens (tertiary/aromatic N) is 5. The van der Waals surface area contributed by atoms with Crippen LogP contribution in [0.1, 0.15) is 23.8 Å². The van der Waals surface area contributed by atoms with Gasteiger partial charge in [-0.05, 0) is 24.6 Å². The Labute approximate surface area is 154 Å². The van der Waals surface area contributed by atoms with E-state index in [0.29, 0.717) is 12.1 Å². The van der Waals surface area contributed by atoms with Crippen LogP contribution in [0.4, 0.5) is 17.5 Å². The van der Waals surface area contributed by atoms with Crippen LogP contribution in [-0.4, -0.2) is 42.8 Å². The van der Waals surface area contributed by atoms with Crippen molar-refractivity contribution in [2.45, 2.75) is 19.4 Å². The summed E-state index contributed by atoms with van der Waals surface area (Å²) in [7, 11) is 1.82. The summed E-state index contributed by atoms with van der Waals surface area (Å²) in [5.74, 6) is -1.17. The van der Waals surface area contributed by atoms with Crippen molar-refractivity contribution in [3.63, 3.8) is 0 Å². The summed E-state index contributed by atoms with van der Waals surface area (Å²) in [6.07, 6.45) is 2.19. The Bertz CT molecular complexity index is 1010. The summed E-state index contributed by atoms with van der Waals surface area (Å²) < 4.78 is 1.72. The van der Waals surface area contributed by atoms with E-state index in [1.807, 2.05) is 25.2 Å². The van der Waals surface area contributed by atoms with Gasteiger partial charge in [0.25, 0.3) is 5.91 Å². The number of rotatable bonds is 7. The zero-order valence-electron chi connectivity index (χ0n) is 14.8. The lowest BCUT2D eigenvalue weighted by atomic mass is 10.2. The van der Waals surface area contributed by atoms with Gasteiger partial charge in [-0.1, -0.05) is 6.92 Å². The van der Waals surface area contributed by atoms with Gasteiger partial charge in [0, 0.05) is 18.1 Å². The van der Waals surface area contributed by atoms with Crippen molar-refractivity contribution >= 4 is 40.2 Å². The van der Waals surface area contributed by atoms with Crippen LogP contribution < -0.4 is 22.1 Å². The average Bonchev–Trinajstić information content (AvgIpc) is 3.00. The van der Waals surface area contributed by atoms with Crippen molar-refractivity contribution in [3.8, 4) is 0 Å². The minimum absolute atomic E-state index is 0.0507. The minimum Gasteiger partial charge on any atom is -0.368 e. The number of nitrogens with one attached hydrogen (secondary N) is 2. The van der Waals surface area contributed by atoms with Crippen LogP contribution in [-0.2, 0) is 11.8 Å². The number of hydrogen-bond acceptors (Lipinski definition) is 8. The highest BCUT2D eigenvalue weighted by molar-refractivity contribution is 5.96. The predicted octanol–water partition coefficient (Wildman–Crippen LogP) is 0.277. The Morgan fingerprint density at radius 1 is 1.26 bits per heavy atom. The topological polar surface area (TPSA) is 167 Å². The second-order valence-corrected chi connectivity index (χ2v) is 5.87.